The van der Waals surface area contributed by atoms with Crippen LogP contribution in [0.2, 0.25) is 0 Å². The van der Waals surface area contributed by atoms with Gasteiger partial charge in [0.15, 0.2) is 17.0 Å². The highest BCUT2D eigenvalue weighted by Gasteiger charge is 2.35. The number of hydrogen-bond donors (Lipinski definition) is 0. The van der Waals surface area contributed by atoms with E-state index in [0.29, 0.717) is 11.1 Å². The van der Waals surface area contributed by atoms with Crippen molar-refractivity contribution in [2.45, 2.75) is 6.18 Å². The molecule has 0 aliphatic carbocycles. The first-order valence-corrected chi connectivity index (χ1v) is 8.77. The van der Waals surface area contributed by atoms with E-state index in [9.17, 15) is 13.2 Å². The Bertz CT molecular complexity index is 1330. The van der Waals surface area contributed by atoms with Gasteiger partial charge in [-0.25, -0.2) is 9.50 Å². The molecular weight excluding hydrogens is 397 g/mol. The van der Waals surface area contributed by atoms with E-state index in [1.165, 1.54) is 6.07 Å². The van der Waals surface area contributed by atoms with E-state index in [-0.39, 0.29) is 28.8 Å². The van der Waals surface area contributed by atoms with Crippen molar-refractivity contribution in [1.82, 2.24) is 29.8 Å². The standard InChI is InChI=1S/C20H11F3N6O/c21-20(22,23)16-10-14(12-4-2-1-3-5-12)25-17-11-15(28-29(16)17)19-27-26-18(30-19)13-6-8-24-9-7-13/h1-11H. The Morgan fingerprint density at radius 1 is 0.800 bits per heavy atom. The molecule has 5 aromatic rings. The zero-order valence-electron chi connectivity index (χ0n) is 15.1. The van der Waals surface area contributed by atoms with Crippen molar-refractivity contribution in [2.75, 3.05) is 0 Å². The lowest BCUT2D eigenvalue weighted by molar-refractivity contribution is -0.142. The van der Waals surface area contributed by atoms with Gasteiger partial charge in [0.2, 0.25) is 5.89 Å². The van der Waals surface area contributed by atoms with Crippen LogP contribution in [0.4, 0.5) is 13.2 Å². The summed E-state index contributed by atoms with van der Waals surface area (Å²) >= 11 is 0. The maximum absolute atomic E-state index is 13.7. The topological polar surface area (TPSA) is 82.0 Å². The van der Waals surface area contributed by atoms with Crippen LogP contribution < -0.4 is 0 Å². The summed E-state index contributed by atoms with van der Waals surface area (Å²) in [5, 5.41) is 11.9. The van der Waals surface area contributed by atoms with Gasteiger partial charge in [0.05, 0.1) is 5.69 Å². The summed E-state index contributed by atoms with van der Waals surface area (Å²) in [6.45, 7) is 0. The fraction of sp³-hybridized carbons (Fsp3) is 0.0500. The first-order chi connectivity index (χ1) is 14.5. The summed E-state index contributed by atoms with van der Waals surface area (Å²) in [4.78, 5) is 8.24. The predicted molar refractivity (Wildman–Crippen MR) is 99.9 cm³/mol. The monoisotopic (exact) mass is 408 g/mol. The van der Waals surface area contributed by atoms with Crippen molar-refractivity contribution >= 4 is 5.65 Å². The highest BCUT2D eigenvalue weighted by Crippen LogP contribution is 2.33. The lowest BCUT2D eigenvalue weighted by atomic mass is 10.1. The van der Waals surface area contributed by atoms with Crippen molar-refractivity contribution in [3.8, 4) is 34.3 Å². The predicted octanol–water partition coefficient (Wildman–Crippen LogP) is 4.53. The second-order valence-corrected chi connectivity index (χ2v) is 6.34. The number of hydrogen-bond acceptors (Lipinski definition) is 6. The third-order valence-corrected chi connectivity index (χ3v) is 4.36. The first-order valence-electron chi connectivity index (χ1n) is 8.77. The van der Waals surface area contributed by atoms with E-state index < -0.39 is 11.9 Å². The number of benzene rings is 1. The fourth-order valence-corrected chi connectivity index (χ4v) is 2.98. The third kappa shape index (κ3) is 3.17. The first kappa shape index (κ1) is 18.0. The van der Waals surface area contributed by atoms with Crippen molar-refractivity contribution < 1.29 is 17.6 Å². The van der Waals surface area contributed by atoms with Crippen LogP contribution in [0.15, 0.2) is 71.4 Å². The number of fused-ring (bicyclic) bond motifs is 1. The van der Waals surface area contributed by atoms with Crippen molar-refractivity contribution in [3.05, 3.63) is 72.7 Å². The Morgan fingerprint density at radius 3 is 2.27 bits per heavy atom. The van der Waals surface area contributed by atoms with Gasteiger partial charge in [0.1, 0.15) is 0 Å². The summed E-state index contributed by atoms with van der Waals surface area (Å²) < 4.78 is 47.4. The van der Waals surface area contributed by atoms with E-state index in [4.69, 9.17) is 4.42 Å². The minimum absolute atomic E-state index is 0.0123. The van der Waals surface area contributed by atoms with Crippen LogP contribution in [0, 0.1) is 0 Å². The molecule has 0 bridgehead atoms. The highest BCUT2D eigenvalue weighted by atomic mass is 19.4. The highest BCUT2D eigenvalue weighted by molar-refractivity contribution is 5.65. The summed E-state index contributed by atoms with van der Waals surface area (Å²) in [6.07, 6.45) is -1.51. The summed E-state index contributed by atoms with van der Waals surface area (Å²) in [5.41, 5.74) is 0.531. The Hall–Kier alpha value is -4.08. The van der Waals surface area contributed by atoms with Crippen LogP contribution in [-0.2, 0) is 6.18 Å². The maximum atomic E-state index is 13.7. The second kappa shape index (κ2) is 6.76. The van der Waals surface area contributed by atoms with Crippen molar-refractivity contribution in [1.29, 1.82) is 0 Å². The van der Waals surface area contributed by atoms with E-state index in [0.717, 1.165) is 10.6 Å². The number of alkyl halides is 3. The molecule has 4 heterocycles. The van der Waals surface area contributed by atoms with Gasteiger partial charge in [0.25, 0.3) is 5.89 Å². The van der Waals surface area contributed by atoms with Gasteiger partial charge in [-0.15, -0.1) is 10.2 Å². The minimum Gasteiger partial charge on any atom is -0.415 e. The summed E-state index contributed by atoms with van der Waals surface area (Å²) in [5.74, 6) is 0.195. The second-order valence-electron chi connectivity index (χ2n) is 6.34. The maximum Gasteiger partial charge on any atom is 0.433 e. The average Bonchev–Trinajstić information content (AvgIpc) is 3.40. The van der Waals surface area contributed by atoms with Gasteiger partial charge < -0.3 is 4.42 Å². The van der Waals surface area contributed by atoms with Crippen LogP contribution in [-0.4, -0.2) is 29.8 Å². The van der Waals surface area contributed by atoms with E-state index in [2.05, 4.69) is 25.3 Å². The van der Waals surface area contributed by atoms with E-state index >= 15 is 0 Å². The third-order valence-electron chi connectivity index (χ3n) is 4.36. The molecule has 0 atom stereocenters. The molecule has 0 N–H and O–H groups in total. The van der Waals surface area contributed by atoms with Crippen molar-refractivity contribution in [3.63, 3.8) is 0 Å². The normalized spacial score (nSPS) is 11.8. The van der Waals surface area contributed by atoms with Crippen molar-refractivity contribution in [2.24, 2.45) is 0 Å². The van der Waals surface area contributed by atoms with Gasteiger partial charge in [-0.1, -0.05) is 30.3 Å². The average molecular weight is 408 g/mol. The van der Waals surface area contributed by atoms with Gasteiger partial charge in [-0.05, 0) is 18.2 Å². The number of aromatic nitrogens is 6. The van der Waals surface area contributed by atoms with Crippen LogP contribution in [0.5, 0.6) is 0 Å². The van der Waals surface area contributed by atoms with Gasteiger partial charge >= 0.3 is 6.18 Å². The van der Waals surface area contributed by atoms with Crippen LogP contribution in [0.1, 0.15) is 5.69 Å². The molecule has 148 valence electrons. The molecule has 0 aliphatic heterocycles. The SMILES string of the molecule is FC(F)(F)c1cc(-c2ccccc2)nc2cc(-c3nnc(-c4ccncc4)o3)nn12. The Kier molecular flexibility index (Phi) is 4.05. The molecule has 0 saturated carbocycles. The number of rotatable bonds is 3. The summed E-state index contributed by atoms with van der Waals surface area (Å²) in [7, 11) is 0. The van der Waals surface area contributed by atoms with E-state index in [1.807, 2.05) is 0 Å². The van der Waals surface area contributed by atoms with Crippen LogP contribution in [0.3, 0.4) is 0 Å². The molecule has 10 heteroatoms. The smallest absolute Gasteiger partial charge is 0.415 e. The molecule has 0 radical (unpaired) electrons. The molecule has 0 amide bonds. The fourth-order valence-electron chi connectivity index (χ4n) is 2.98. The number of halogens is 3. The molecule has 0 unspecified atom stereocenters. The number of pyridine rings is 1. The Balaban J connectivity index is 1.64. The van der Waals surface area contributed by atoms with Crippen LogP contribution in [0.25, 0.3) is 39.9 Å². The van der Waals surface area contributed by atoms with E-state index in [1.54, 1.807) is 54.9 Å². The molecule has 1 aromatic carbocycles. The zero-order valence-corrected chi connectivity index (χ0v) is 15.1. The largest absolute Gasteiger partial charge is 0.433 e. The van der Waals surface area contributed by atoms with Crippen LogP contribution >= 0.6 is 0 Å². The van der Waals surface area contributed by atoms with Gasteiger partial charge in [-0.3, -0.25) is 4.98 Å². The molecule has 0 aliphatic rings. The molecule has 30 heavy (non-hydrogen) atoms. The molecule has 5 rings (SSSR count). The molecular formula is C20H11F3N6O. The lowest BCUT2D eigenvalue weighted by Gasteiger charge is -2.10. The van der Waals surface area contributed by atoms with Gasteiger partial charge in [-0.2, -0.15) is 18.3 Å². The summed E-state index contributed by atoms with van der Waals surface area (Å²) in [6, 6.07) is 14.3. The number of nitrogens with zero attached hydrogens (tertiary/aromatic N) is 6. The Labute approximate surface area is 166 Å². The van der Waals surface area contributed by atoms with Gasteiger partial charge in [0, 0.05) is 29.6 Å². The minimum atomic E-state index is -4.63. The Morgan fingerprint density at radius 2 is 1.53 bits per heavy atom. The zero-order chi connectivity index (χ0) is 20.7. The molecule has 0 saturated heterocycles. The molecule has 7 nitrogen and oxygen atoms in total. The quantitative estimate of drug-likeness (QED) is 0.436. The molecule has 0 spiro atoms. The molecule has 4 aromatic heterocycles. The lowest BCUT2D eigenvalue weighted by Crippen LogP contribution is -2.13. The molecule has 0 fully saturated rings.